The van der Waals surface area contributed by atoms with Crippen molar-refractivity contribution in [1.29, 1.82) is 0 Å². The number of amides is 1. The van der Waals surface area contributed by atoms with Gasteiger partial charge >= 0.3 is 0 Å². The first-order valence-corrected chi connectivity index (χ1v) is 10.8. The highest BCUT2D eigenvalue weighted by Crippen LogP contribution is 2.32. The fraction of sp³-hybridized carbons (Fsp3) is 0.389. The Balaban J connectivity index is 1.88. The zero-order valence-electron chi connectivity index (χ0n) is 14.4. The van der Waals surface area contributed by atoms with Gasteiger partial charge in [0.05, 0.1) is 5.75 Å². The van der Waals surface area contributed by atoms with Gasteiger partial charge in [0.15, 0.2) is 9.84 Å². The molecule has 25 heavy (non-hydrogen) atoms. The van der Waals surface area contributed by atoms with Crippen molar-refractivity contribution in [2.75, 3.05) is 25.4 Å². The van der Waals surface area contributed by atoms with Crippen LogP contribution in [0, 0.1) is 0 Å². The number of carbonyl (C=O) groups is 1. The molecule has 0 unspecified atom stereocenters. The van der Waals surface area contributed by atoms with E-state index in [0.29, 0.717) is 16.3 Å². The molecule has 0 spiro atoms. The van der Waals surface area contributed by atoms with Gasteiger partial charge in [0.1, 0.15) is 4.21 Å². The van der Waals surface area contributed by atoms with Crippen LogP contribution in [0.15, 0.2) is 40.6 Å². The predicted molar refractivity (Wildman–Crippen MR) is 101 cm³/mol. The van der Waals surface area contributed by atoms with Crippen molar-refractivity contribution in [3.63, 3.8) is 0 Å². The Morgan fingerprint density at radius 3 is 2.84 bits per heavy atom. The van der Waals surface area contributed by atoms with Crippen LogP contribution in [0.1, 0.15) is 24.2 Å². The molecule has 0 bridgehead atoms. The van der Waals surface area contributed by atoms with Crippen LogP contribution in [0.4, 0.5) is 0 Å². The van der Waals surface area contributed by atoms with E-state index in [9.17, 15) is 13.2 Å². The van der Waals surface area contributed by atoms with E-state index in [2.05, 4.69) is 5.32 Å². The third-order valence-corrected chi connectivity index (χ3v) is 7.87. The summed E-state index contributed by atoms with van der Waals surface area (Å²) < 4.78 is 24.4. The molecule has 7 heteroatoms. The number of carbonyl (C=O) groups excluding carboxylic acids is 1. The molecule has 1 aromatic heterocycles. The molecule has 1 atom stereocenters. The van der Waals surface area contributed by atoms with Crippen molar-refractivity contribution in [3.8, 4) is 10.4 Å². The van der Waals surface area contributed by atoms with Crippen LogP contribution in [0.2, 0.25) is 0 Å². The monoisotopic (exact) mass is 378 g/mol. The largest absolute Gasteiger partial charge is 0.333 e. The van der Waals surface area contributed by atoms with Crippen molar-refractivity contribution in [1.82, 2.24) is 10.2 Å². The minimum absolute atomic E-state index is 0.0220. The highest BCUT2D eigenvalue weighted by atomic mass is 32.2. The van der Waals surface area contributed by atoms with Gasteiger partial charge in [-0.25, -0.2) is 8.42 Å². The van der Waals surface area contributed by atoms with Crippen LogP contribution in [-0.2, 0) is 9.84 Å². The normalized spacial score (nSPS) is 18.3. The van der Waals surface area contributed by atoms with Gasteiger partial charge in [0.2, 0.25) is 0 Å². The van der Waals surface area contributed by atoms with E-state index >= 15 is 0 Å². The lowest BCUT2D eigenvalue weighted by Gasteiger charge is -2.34. The lowest BCUT2D eigenvalue weighted by Crippen LogP contribution is -2.52. The quantitative estimate of drug-likeness (QED) is 0.888. The lowest BCUT2D eigenvalue weighted by molar-refractivity contribution is 0.0656. The molecule has 1 N–H and O–H groups in total. The van der Waals surface area contributed by atoms with Gasteiger partial charge in [0, 0.05) is 36.1 Å². The Labute approximate surface area is 152 Å². The molecule has 1 aliphatic rings. The molecule has 2 aromatic rings. The number of sulfone groups is 1. The second-order valence-corrected chi connectivity index (χ2v) is 9.74. The third-order valence-electron chi connectivity index (χ3n) is 4.42. The van der Waals surface area contributed by atoms with Gasteiger partial charge in [-0.3, -0.25) is 4.79 Å². The van der Waals surface area contributed by atoms with E-state index in [1.165, 1.54) is 11.3 Å². The number of rotatable bonds is 4. The first-order chi connectivity index (χ1) is 11.9. The Kier molecular flexibility index (Phi) is 5.27. The van der Waals surface area contributed by atoms with Gasteiger partial charge < -0.3 is 10.2 Å². The summed E-state index contributed by atoms with van der Waals surface area (Å²) in [5.41, 5.74) is 1.51. The zero-order valence-corrected chi connectivity index (χ0v) is 16.0. The molecule has 0 radical (unpaired) electrons. The first-order valence-electron chi connectivity index (χ1n) is 8.37. The number of nitrogens with one attached hydrogen (secondary N) is 1. The molecule has 1 saturated heterocycles. The van der Waals surface area contributed by atoms with E-state index in [0.717, 1.165) is 23.5 Å². The molecule has 0 saturated carbocycles. The molecular formula is C18H22N2O3S2. The van der Waals surface area contributed by atoms with Crippen molar-refractivity contribution in [2.45, 2.75) is 24.1 Å². The van der Waals surface area contributed by atoms with E-state index in [4.69, 9.17) is 0 Å². The average molecular weight is 379 g/mol. The maximum atomic E-state index is 12.8. The highest BCUT2D eigenvalue weighted by molar-refractivity contribution is 7.93. The molecule has 5 nitrogen and oxygen atoms in total. The molecule has 1 aliphatic heterocycles. The number of nitrogens with zero attached hydrogens (tertiary/aromatic N) is 1. The molecule has 134 valence electrons. The lowest BCUT2D eigenvalue weighted by atomic mass is 10.1. The number of piperazine rings is 1. The second kappa shape index (κ2) is 7.27. The second-order valence-electron chi connectivity index (χ2n) is 6.15. The summed E-state index contributed by atoms with van der Waals surface area (Å²) in [5.74, 6) is 0.112. The summed E-state index contributed by atoms with van der Waals surface area (Å²) in [6.45, 7) is 5.98. The highest BCUT2D eigenvalue weighted by Gasteiger charge is 2.24. The van der Waals surface area contributed by atoms with E-state index in [1.54, 1.807) is 13.0 Å². The summed E-state index contributed by atoms with van der Waals surface area (Å²) >= 11 is 1.25. The molecule has 1 aromatic carbocycles. The maximum absolute atomic E-state index is 12.8. The summed E-state index contributed by atoms with van der Waals surface area (Å²) in [5, 5.41) is 3.28. The molecule has 0 aliphatic carbocycles. The number of hydrogen-bond donors (Lipinski definition) is 1. The Bertz CT molecular complexity index is 874. The minimum Gasteiger partial charge on any atom is -0.333 e. The Hall–Kier alpha value is -1.70. The smallest absolute Gasteiger partial charge is 0.254 e. The van der Waals surface area contributed by atoms with Crippen LogP contribution >= 0.6 is 11.3 Å². The van der Waals surface area contributed by atoms with Crippen LogP contribution in [0.25, 0.3) is 10.4 Å². The summed E-state index contributed by atoms with van der Waals surface area (Å²) in [7, 11) is -3.20. The first kappa shape index (κ1) is 18.1. The molecule has 1 amide bonds. The van der Waals surface area contributed by atoms with E-state index in [1.807, 2.05) is 42.2 Å². The van der Waals surface area contributed by atoms with Crippen molar-refractivity contribution < 1.29 is 13.2 Å². The zero-order chi connectivity index (χ0) is 18.0. The van der Waals surface area contributed by atoms with Gasteiger partial charge in [-0.05, 0) is 36.8 Å². The van der Waals surface area contributed by atoms with Crippen LogP contribution in [0.5, 0.6) is 0 Å². The maximum Gasteiger partial charge on any atom is 0.254 e. The van der Waals surface area contributed by atoms with Crippen LogP contribution < -0.4 is 5.32 Å². The summed E-state index contributed by atoms with van der Waals surface area (Å²) in [4.78, 5) is 15.6. The molecule has 1 fully saturated rings. The number of thiophene rings is 1. The van der Waals surface area contributed by atoms with Gasteiger partial charge in [-0.1, -0.05) is 19.1 Å². The minimum atomic E-state index is -3.20. The molecular weight excluding hydrogens is 356 g/mol. The fourth-order valence-electron chi connectivity index (χ4n) is 2.90. The predicted octanol–water partition coefficient (Wildman–Crippen LogP) is 2.64. The van der Waals surface area contributed by atoms with E-state index in [-0.39, 0.29) is 17.7 Å². The molecule has 3 rings (SSSR count). The van der Waals surface area contributed by atoms with Crippen LogP contribution in [-0.4, -0.2) is 50.7 Å². The van der Waals surface area contributed by atoms with Gasteiger partial charge in [-0.15, -0.1) is 11.3 Å². The van der Waals surface area contributed by atoms with Gasteiger partial charge in [-0.2, -0.15) is 0 Å². The fourth-order valence-corrected chi connectivity index (χ4v) is 5.32. The third kappa shape index (κ3) is 3.78. The van der Waals surface area contributed by atoms with Crippen molar-refractivity contribution >= 4 is 27.1 Å². The number of hydrogen-bond acceptors (Lipinski definition) is 5. The standard InChI is InChI=1S/C18H22N2O3S2/c1-3-25(22,23)17-8-7-16(24-17)14-5-4-6-15(11-14)18(21)20-10-9-19-12-13(20)2/h4-8,11,13,19H,3,9-10,12H2,1-2H3/t13-/m1/s1. The molecule has 2 heterocycles. The summed E-state index contributed by atoms with van der Waals surface area (Å²) in [6, 6.07) is 11.0. The Morgan fingerprint density at radius 1 is 1.32 bits per heavy atom. The van der Waals surface area contributed by atoms with Crippen LogP contribution in [0.3, 0.4) is 0 Å². The van der Waals surface area contributed by atoms with Gasteiger partial charge in [0.25, 0.3) is 5.91 Å². The SMILES string of the molecule is CCS(=O)(=O)c1ccc(-c2cccc(C(=O)N3CCNC[C@H]3C)c2)s1. The van der Waals surface area contributed by atoms with Crippen molar-refractivity contribution in [2.24, 2.45) is 0 Å². The van der Waals surface area contributed by atoms with E-state index < -0.39 is 9.84 Å². The summed E-state index contributed by atoms with van der Waals surface area (Å²) in [6.07, 6.45) is 0. The topological polar surface area (TPSA) is 66.5 Å². The Morgan fingerprint density at radius 2 is 2.12 bits per heavy atom. The van der Waals surface area contributed by atoms with Crippen molar-refractivity contribution in [3.05, 3.63) is 42.0 Å². The average Bonchev–Trinajstić information content (AvgIpc) is 3.13. The number of benzene rings is 1.